The second-order valence-corrected chi connectivity index (χ2v) is 3.22. The van der Waals surface area contributed by atoms with Crippen LogP contribution in [0, 0.1) is 0 Å². The van der Waals surface area contributed by atoms with Crippen molar-refractivity contribution in [2.75, 3.05) is 14.2 Å². The second-order valence-electron chi connectivity index (χ2n) is 3.22. The van der Waals surface area contributed by atoms with E-state index in [1.165, 1.54) is 19.3 Å². The van der Waals surface area contributed by atoms with Gasteiger partial charge in [-0.25, -0.2) is 0 Å². The van der Waals surface area contributed by atoms with Crippen LogP contribution in [-0.4, -0.2) is 26.4 Å². The van der Waals surface area contributed by atoms with E-state index >= 15 is 0 Å². The van der Waals surface area contributed by atoms with Gasteiger partial charge in [0.2, 0.25) is 0 Å². The summed E-state index contributed by atoms with van der Waals surface area (Å²) in [6, 6.07) is 0. The monoisotopic (exact) mass is 158 g/mol. The number of methoxy groups -OCH3 is 2. The average Bonchev–Trinajstić information content (AvgIpc) is 2.28. The molecule has 2 heteroatoms. The minimum atomic E-state index is 0.482. The molecule has 11 heavy (non-hydrogen) atoms. The maximum atomic E-state index is 5.31. The molecule has 0 amide bonds. The van der Waals surface area contributed by atoms with Crippen molar-refractivity contribution in [2.45, 2.75) is 44.3 Å². The zero-order chi connectivity index (χ0) is 8.10. The van der Waals surface area contributed by atoms with Gasteiger partial charge in [-0.1, -0.05) is 0 Å². The van der Waals surface area contributed by atoms with E-state index in [0.29, 0.717) is 12.2 Å². The number of ether oxygens (including phenoxy) is 2. The van der Waals surface area contributed by atoms with E-state index in [9.17, 15) is 0 Å². The van der Waals surface area contributed by atoms with E-state index < -0.39 is 0 Å². The molecule has 1 fully saturated rings. The van der Waals surface area contributed by atoms with Gasteiger partial charge in [-0.15, -0.1) is 0 Å². The lowest BCUT2D eigenvalue weighted by atomic mass is 10.1. The van der Waals surface area contributed by atoms with Crippen molar-refractivity contribution in [3.05, 3.63) is 0 Å². The van der Waals surface area contributed by atoms with Crippen LogP contribution >= 0.6 is 0 Å². The summed E-state index contributed by atoms with van der Waals surface area (Å²) in [6.07, 6.45) is 6.94. The van der Waals surface area contributed by atoms with Crippen molar-refractivity contribution in [1.29, 1.82) is 0 Å². The molecule has 0 unspecified atom stereocenters. The second kappa shape index (κ2) is 4.73. The van der Waals surface area contributed by atoms with Gasteiger partial charge in [0.05, 0.1) is 12.2 Å². The predicted octanol–water partition coefficient (Wildman–Crippen LogP) is 1.98. The lowest BCUT2D eigenvalue weighted by Crippen LogP contribution is -2.11. The highest BCUT2D eigenvalue weighted by molar-refractivity contribution is 4.69. The predicted molar refractivity (Wildman–Crippen MR) is 44.7 cm³/mol. The van der Waals surface area contributed by atoms with Crippen LogP contribution in [0.15, 0.2) is 0 Å². The van der Waals surface area contributed by atoms with Crippen LogP contribution in [0.3, 0.4) is 0 Å². The van der Waals surface area contributed by atoms with Crippen molar-refractivity contribution in [1.82, 2.24) is 0 Å². The molecule has 66 valence electrons. The molecule has 1 aliphatic rings. The number of hydrogen-bond donors (Lipinski definition) is 0. The summed E-state index contributed by atoms with van der Waals surface area (Å²) >= 11 is 0. The van der Waals surface area contributed by atoms with E-state index in [-0.39, 0.29) is 0 Å². The molecule has 2 atom stereocenters. The Hall–Kier alpha value is -0.0800. The van der Waals surface area contributed by atoms with Gasteiger partial charge in [0.1, 0.15) is 0 Å². The Morgan fingerprint density at radius 2 is 1.27 bits per heavy atom. The SMILES string of the molecule is CO[C@H]1CCC[C@H](OC)CC1. The van der Waals surface area contributed by atoms with Gasteiger partial charge < -0.3 is 9.47 Å². The molecule has 0 radical (unpaired) electrons. The molecule has 2 nitrogen and oxygen atoms in total. The van der Waals surface area contributed by atoms with Gasteiger partial charge in [-0.2, -0.15) is 0 Å². The fourth-order valence-electron chi connectivity index (χ4n) is 1.71. The minimum absolute atomic E-state index is 0.482. The first-order valence-corrected chi connectivity index (χ1v) is 4.42. The summed E-state index contributed by atoms with van der Waals surface area (Å²) < 4.78 is 10.6. The minimum Gasteiger partial charge on any atom is -0.381 e. The van der Waals surface area contributed by atoms with Gasteiger partial charge in [-0.3, -0.25) is 0 Å². The molecule has 0 aromatic heterocycles. The molecule has 0 spiro atoms. The Morgan fingerprint density at radius 1 is 0.818 bits per heavy atom. The summed E-state index contributed by atoms with van der Waals surface area (Å²) in [5.41, 5.74) is 0. The van der Waals surface area contributed by atoms with E-state index in [1.807, 2.05) is 0 Å². The molecule has 0 heterocycles. The summed E-state index contributed by atoms with van der Waals surface area (Å²) in [6.45, 7) is 0. The fourth-order valence-corrected chi connectivity index (χ4v) is 1.71. The summed E-state index contributed by atoms with van der Waals surface area (Å²) in [5.74, 6) is 0. The molecule has 0 saturated heterocycles. The summed E-state index contributed by atoms with van der Waals surface area (Å²) in [4.78, 5) is 0. The van der Waals surface area contributed by atoms with Gasteiger partial charge in [0, 0.05) is 14.2 Å². The van der Waals surface area contributed by atoms with Gasteiger partial charge >= 0.3 is 0 Å². The molecule has 0 aromatic carbocycles. The van der Waals surface area contributed by atoms with E-state index in [0.717, 1.165) is 12.8 Å². The zero-order valence-electron chi connectivity index (χ0n) is 7.51. The average molecular weight is 158 g/mol. The van der Waals surface area contributed by atoms with Crippen LogP contribution < -0.4 is 0 Å². The van der Waals surface area contributed by atoms with E-state index in [2.05, 4.69) is 0 Å². The van der Waals surface area contributed by atoms with E-state index in [1.54, 1.807) is 14.2 Å². The Morgan fingerprint density at radius 3 is 1.64 bits per heavy atom. The van der Waals surface area contributed by atoms with Gasteiger partial charge in [-0.05, 0) is 32.1 Å². The van der Waals surface area contributed by atoms with Crippen molar-refractivity contribution < 1.29 is 9.47 Å². The Balaban J connectivity index is 2.27. The third-order valence-corrected chi connectivity index (χ3v) is 2.53. The highest BCUT2D eigenvalue weighted by Crippen LogP contribution is 2.21. The molecule has 1 aliphatic carbocycles. The van der Waals surface area contributed by atoms with Crippen LogP contribution in [0.25, 0.3) is 0 Å². The van der Waals surface area contributed by atoms with Crippen molar-refractivity contribution in [3.8, 4) is 0 Å². The van der Waals surface area contributed by atoms with Crippen molar-refractivity contribution >= 4 is 0 Å². The van der Waals surface area contributed by atoms with Crippen molar-refractivity contribution in [3.63, 3.8) is 0 Å². The Bertz CT molecular complexity index is 91.7. The molecular weight excluding hydrogens is 140 g/mol. The van der Waals surface area contributed by atoms with Crippen LogP contribution in [-0.2, 0) is 9.47 Å². The Labute approximate surface area is 68.9 Å². The molecular formula is C9H18O2. The molecule has 0 aliphatic heterocycles. The highest BCUT2D eigenvalue weighted by atomic mass is 16.5. The molecule has 1 saturated carbocycles. The van der Waals surface area contributed by atoms with Gasteiger partial charge in [0.25, 0.3) is 0 Å². The topological polar surface area (TPSA) is 18.5 Å². The standard InChI is InChI=1S/C9H18O2/c1-10-8-4-3-5-9(11-2)7-6-8/h8-9H,3-7H2,1-2H3/t8-,9-/m0/s1. The highest BCUT2D eigenvalue weighted by Gasteiger charge is 2.17. The first kappa shape index (κ1) is 9.01. The maximum absolute atomic E-state index is 5.31. The summed E-state index contributed by atoms with van der Waals surface area (Å²) in [7, 11) is 3.61. The molecule has 0 N–H and O–H groups in total. The van der Waals surface area contributed by atoms with Crippen molar-refractivity contribution in [2.24, 2.45) is 0 Å². The first-order valence-electron chi connectivity index (χ1n) is 4.42. The van der Waals surface area contributed by atoms with Crippen LogP contribution in [0.1, 0.15) is 32.1 Å². The molecule has 0 bridgehead atoms. The van der Waals surface area contributed by atoms with Gasteiger partial charge in [0.15, 0.2) is 0 Å². The number of hydrogen-bond acceptors (Lipinski definition) is 2. The fraction of sp³-hybridized carbons (Fsp3) is 1.00. The number of rotatable bonds is 2. The third kappa shape index (κ3) is 2.80. The molecule has 0 aromatic rings. The van der Waals surface area contributed by atoms with Crippen LogP contribution in [0.2, 0.25) is 0 Å². The van der Waals surface area contributed by atoms with Crippen LogP contribution in [0.5, 0.6) is 0 Å². The molecule has 1 rings (SSSR count). The van der Waals surface area contributed by atoms with Crippen LogP contribution in [0.4, 0.5) is 0 Å². The van der Waals surface area contributed by atoms with E-state index in [4.69, 9.17) is 9.47 Å². The Kier molecular flexibility index (Phi) is 3.87. The first-order chi connectivity index (χ1) is 5.36. The summed E-state index contributed by atoms with van der Waals surface area (Å²) in [5, 5.41) is 0. The maximum Gasteiger partial charge on any atom is 0.0572 e. The largest absolute Gasteiger partial charge is 0.381 e. The smallest absolute Gasteiger partial charge is 0.0572 e. The quantitative estimate of drug-likeness (QED) is 0.572. The lowest BCUT2D eigenvalue weighted by molar-refractivity contribution is 0.0696. The normalized spacial score (nSPS) is 33.3. The third-order valence-electron chi connectivity index (χ3n) is 2.53. The zero-order valence-corrected chi connectivity index (χ0v) is 7.51. The lowest BCUT2D eigenvalue weighted by Gasteiger charge is -2.12.